The van der Waals surface area contributed by atoms with Crippen LogP contribution in [-0.4, -0.2) is 15.9 Å². The lowest BCUT2D eigenvalue weighted by molar-refractivity contribution is -0.384. The predicted molar refractivity (Wildman–Crippen MR) is 134 cm³/mol. The molecule has 0 saturated carbocycles. The average Bonchev–Trinajstić information content (AvgIpc) is 3.27. The summed E-state index contributed by atoms with van der Waals surface area (Å²) in [6.45, 7) is 0. The second-order valence-corrected chi connectivity index (χ2v) is 8.51. The summed E-state index contributed by atoms with van der Waals surface area (Å²) in [5.74, 6) is -0.509. The number of fused-ring (bicyclic) bond motifs is 1. The Bertz CT molecular complexity index is 1420. The van der Waals surface area contributed by atoms with Crippen LogP contribution in [0.4, 0.5) is 5.69 Å². The highest BCUT2D eigenvalue weighted by atomic mass is 32.2. The number of allylic oxidation sites excluding steroid dienone is 1. The largest absolute Gasteiger partial charge is 0.278 e. The first-order valence-corrected chi connectivity index (χ1v) is 11.3. The zero-order valence-electron chi connectivity index (χ0n) is 17.4. The van der Waals surface area contributed by atoms with Crippen molar-refractivity contribution < 1.29 is 9.72 Å². The SMILES string of the molecule is O=C(N=C1SC=C(c2ccc([N+](=O)[O-])cc2)C1c1ccccc1)c1cccc2ccccc12. The highest BCUT2D eigenvalue weighted by molar-refractivity contribution is 8.17. The quantitative estimate of drug-likeness (QED) is 0.251. The van der Waals surface area contributed by atoms with Crippen molar-refractivity contribution in [1.82, 2.24) is 0 Å². The smallest absolute Gasteiger partial charge is 0.267 e. The van der Waals surface area contributed by atoms with Crippen LogP contribution in [0.3, 0.4) is 0 Å². The minimum Gasteiger partial charge on any atom is -0.267 e. The summed E-state index contributed by atoms with van der Waals surface area (Å²) in [4.78, 5) is 28.5. The molecule has 33 heavy (non-hydrogen) atoms. The van der Waals surface area contributed by atoms with Gasteiger partial charge in [-0.05, 0) is 51.1 Å². The van der Waals surface area contributed by atoms with Gasteiger partial charge in [0.1, 0.15) is 0 Å². The van der Waals surface area contributed by atoms with Crippen molar-refractivity contribution in [1.29, 1.82) is 0 Å². The molecule has 0 aromatic heterocycles. The third-order valence-electron chi connectivity index (χ3n) is 5.64. The normalized spacial score (nSPS) is 16.7. The van der Waals surface area contributed by atoms with E-state index in [2.05, 4.69) is 4.99 Å². The van der Waals surface area contributed by atoms with Crippen molar-refractivity contribution in [3.05, 3.63) is 129 Å². The molecule has 0 fully saturated rings. The topological polar surface area (TPSA) is 72.6 Å². The zero-order chi connectivity index (χ0) is 22.8. The van der Waals surface area contributed by atoms with Crippen LogP contribution in [0, 0.1) is 10.1 Å². The summed E-state index contributed by atoms with van der Waals surface area (Å²) < 4.78 is 0. The molecule has 0 bridgehead atoms. The molecule has 0 spiro atoms. The van der Waals surface area contributed by atoms with Crippen molar-refractivity contribution in [2.24, 2.45) is 4.99 Å². The fourth-order valence-corrected chi connectivity index (χ4v) is 5.09. The zero-order valence-corrected chi connectivity index (χ0v) is 18.2. The number of benzene rings is 4. The molecule has 5 rings (SSSR count). The lowest BCUT2D eigenvalue weighted by Gasteiger charge is -2.16. The minimum atomic E-state index is -0.411. The second kappa shape index (κ2) is 8.84. The number of nitro groups is 1. The Kier molecular flexibility index (Phi) is 5.59. The number of non-ortho nitro benzene ring substituents is 1. The average molecular weight is 451 g/mol. The lowest BCUT2D eigenvalue weighted by atomic mass is 9.88. The summed E-state index contributed by atoms with van der Waals surface area (Å²) in [6.07, 6.45) is 0. The highest BCUT2D eigenvalue weighted by Gasteiger charge is 2.30. The fraction of sp³-hybridized carbons (Fsp3) is 0.0370. The molecule has 0 aliphatic carbocycles. The molecule has 160 valence electrons. The Morgan fingerprint density at radius 2 is 1.55 bits per heavy atom. The molecule has 1 aliphatic heterocycles. The van der Waals surface area contributed by atoms with Crippen LogP contribution in [-0.2, 0) is 0 Å². The van der Waals surface area contributed by atoms with Crippen LogP contribution < -0.4 is 0 Å². The molecular weight excluding hydrogens is 432 g/mol. The van der Waals surface area contributed by atoms with E-state index >= 15 is 0 Å². The number of carbonyl (C=O) groups is 1. The van der Waals surface area contributed by atoms with E-state index in [1.165, 1.54) is 23.9 Å². The van der Waals surface area contributed by atoms with Gasteiger partial charge in [0.2, 0.25) is 0 Å². The van der Waals surface area contributed by atoms with Gasteiger partial charge in [0.25, 0.3) is 11.6 Å². The van der Waals surface area contributed by atoms with E-state index in [-0.39, 0.29) is 17.5 Å². The molecule has 0 N–H and O–H groups in total. The van der Waals surface area contributed by atoms with E-state index in [0.29, 0.717) is 10.6 Å². The Hall–Kier alpha value is -4.03. The minimum absolute atomic E-state index is 0.0429. The van der Waals surface area contributed by atoms with E-state index in [0.717, 1.165) is 27.5 Å². The van der Waals surface area contributed by atoms with Crippen LogP contribution in [0.2, 0.25) is 0 Å². The summed E-state index contributed by atoms with van der Waals surface area (Å²) in [5, 5.41) is 15.6. The van der Waals surface area contributed by atoms with Gasteiger partial charge in [0.15, 0.2) is 0 Å². The number of hydrogen-bond acceptors (Lipinski definition) is 4. The van der Waals surface area contributed by atoms with E-state index in [4.69, 9.17) is 0 Å². The molecule has 1 aliphatic rings. The Labute approximate surface area is 194 Å². The Balaban J connectivity index is 1.55. The maximum absolute atomic E-state index is 13.3. The van der Waals surface area contributed by atoms with Crippen LogP contribution in [0.15, 0.2) is 107 Å². The van der Waals surface area contributed by atoms with Gasteiger partial charge in [-0.3, -0.25) is 14.9 Å². The number of hydrogen-bond donors (Lipinski definition) is 0. The van der Waals surface area contributed by atoms with Crippen molar-refractivity contribution in [2.45, 2.75) is 5.92 Å². The first kappa shape index (κ1) is 20.8. The first-order valence-electron chi connectivity index (χ1n) is 10.4. The van der Waals surface area contributed by atoms with Crippen LogP contribution in [0.25, 0.3) is 16.3 Å². The van der Waals surface area contributed by atoms with Crippen molar-refractivity contribution in [3.63, 3.8) is 0 Å². The number of nitrogens with zero attached hydrogens (tertiary/aromatic N) is 2. The van der Waals surface area contributed by atoms with Gasteiger partial charge in [-0.25, -0.2) is 4.99 Å². The molecule has 4 aromatic rings. The summed E-state index contributed by atoms with van der Waals surface area (Å²) in [6, 6.07) is 29.8. The Morgan fingerprint density at radius 3 is 2.30 bits per heavy atom. The van der Waals surface area contributed by atoms with Crippen LogP contribution >= 0.6 is 11.8 Å². The predicted octanol–water partition coefficient (Wildman–Crippen LogP) is 6.86. The van der Waals surface area contributed by atoms with Gasteiger partial charge >= 0.3 is 0 Å². The third-order valence-corrected chi connectivity index (χ3v) is 6.58. The first-order chi connectivity index (χ1) is 16.1. The molecule has 1 amide bonds. The number of nitro benzene ring substituents is 1. The number of rotatable bonds is 4. The third kappa shape index (κ3) is 4.08. The maximum atomic E-state index is 13.3. The van der Waals surface area contributed by atoms with Gasteiger partial charge in [-0.15, -0.1) is 0 Å². The molecule has 4 aromatic carbocycles. The van der Waals surface area contributed by atoms with E-state index in [1.807, 2.05) is 72.1 Å². The standard InChI is InChI=1S/C27H18N2O3S/c30-26(23-12-6-10-18-7-4-5-11-22(18)23)28-27-25(20-8-2-1-3-9-20)24(17-33-27)19-13-15-21(16-14-19)29(31)32/h1-17,25H. The number of aliphatic imine (C=N–C) groups is 1. The van der Waals surface area contributed by atoms with Gasteiger partial charge in [-0.1, -0.05) is 78.5 Å². The van der Waals surface area contributed by atoms with Gasteiger partial charge in [0.05, 0.1) is 15.9 Å². The number of thioether (sulfide) groups is 1. The molecule has 0 saturated heterocycles. The molecule has 6 heteroatoms. The fourth-order valence-electron chi connectivity index (χ4n) is 4.03. The van der Waals surface area contributed by atoms with E-state index in [1.54, 1.807) is 18.2 Å². The van der Waals surface area contributed by atoms with Crippen LogP contribution in [0.1, 0.15) is 27.4 Å². The molecule has 1 atom stereocenters. The monoisotopic (exact) mass is 450 g/mol. The summed E-state index contributed by atoms with van der Waals surface area (Å²) in [5.41, 5.74) is 3.45. The van der Waals surface area contributed by atoms with E-state index in [9.17, 15) is 14.9 Å². The Morgan fingerprint density at radius 1 is 0.848 bits per heavy atom. The van der Waals surface area contributed by atoms with Crippen molar-refractivity contribution in [3.8, 4) is 0 Å². The summed E-state index contributed by atoms with van der Waals surface area (Å²) >= 11 is 1.42. The number of amides is 1. The molecule has 0 radical (unpaired) electrons. The van der Waals surface area contributed by atoms with E-state index < -0.39 is 4.92 Å². The van der Waals surface area contributed by atoms with Crippen LogP contribution in [0.5, 0.6) is 0 Å². The molecule has 1 heterocycles. The molecule has 5 nitrogen and oxygen atoms in total. The van der Waals surface area contributed by atoms with Gasteiger partial charge in [-0.2, -0.15) is 0 Å². The lowest BCUT2D eigenvalue weighted by Crippen LogP contribution is -2.10. The van der Waals surface area contributed by atoms with Gasteiger partial charge in [0, 0.05) is 17.7 Å². The second-order valence-electron chi connectivity index (χ2n) is 7.62. The maximum Gasteiger partial charge on any atom is 0.278 e. The number of carbonyl (C=O) groups excluding carboxylic acids is 1. The van der Waals surface area contributed by atoms with Gasteiger partial charge < -0.3 is 0 Å². The molecular formula is C27H18N2O3S. The van der Waals surface area contributed by atoms with Crippen molar-refractivity contribution in [2.75, 3.05) is 0 Å². The molecule has 1 unspecified atom stereocenters. The summed E-state index contributed by atoms with van der Waals surface area (Å²) in [7, 11) is 0. The van der Waals surface area contributed by atoms with Crippen molar-refractivity contribution >= 4 is 44.7 Å². The highest BCUT2D eigenvalue weighted by Crippen LogP contribution is 2.44.